The normalized spacial score (nSPS) is 17.4. The molecule has 2 N–H and O–H groups in total. The fraction of sp³-hybridized carbons (Fsp3) is 0.609. The molecule has 34 heavy (non-hydrogen) atoms. The number of nitro benzene ring substituents is 1. The molecule has 2 saturated heterocycles. The van der Waals surface area contributed by atoms with Gasteiger partial charge in [-0.2, -0.15) is 0 Å². The highest BCUT2D eigenvalue weighted by atomic mass is 16.6. The quantitative estimate of drug-likeness (QED) is 0.425. The number of benzene rings is 1. The molecule has 0 spiro atoms. The number of carbonyl (C=O) groups is 3. The van der Waals surface area contributed by atoms with E-state index in [0.717, 1.165) is 6.42 Å². The maximum atomic E-state index is 12.8. The third-order valence-electron chi connectivity index (χ3n) is 6.36. The summed E-state index contributed by atoms with van der Waals surface area (Å²) in [6.45, 7) is 7.97. The molecular formula is C23H34N6O5. The molecular weight excluding hydrogens is 440 g/mol. The van der Waals surface area contributed by atoms with Gasteiger partial charge in [0.15, 0.2) is 0 Å². The van der Waals surface area contributed by atoms with E-state index in [0.29, 0.717) is 70.9 Å². The molecule has 2 aliphatic rings. The van der Waals surface area contributed by atoms with E-state index in [9.17, 15) is 24.5 Å². The van der Waals surface area contributed by atoms with Crippen LogP contribution in [0.15, 0.2) is 18.2 Å². The zero-order chi connectivity index (χ0) is 24.7. The van der Waals surface area contributed by atoms with Crippen molar-refractivity contribution in [2.75, 3.05) is 57.3 Å². The molecule has 0 aliphatic carbocycles. The fourth-order valence-corrected chi connectivity index (χ4v) is 4.37. The van der Waals surface area contributed by atoms with Crippen LogP contribution in [0, 0.1) is 10.1 Å². The lowest BCUT2D eigenvalue weighted by Gasteiger charge is -2.35. The van der Waals surface area contributed by atoms with Crippen molar-refractivity contribution in [3.8, 4) is 0 Å². The summed E-state index contributed by atoms with van der Waals surface area (Å²) in [5.74, 6) is -0.332. The second kappa shape index (κ2) is 11.8. The number of carbonyl (C=O) groups excluding carboxylic acids is 3. The minimum atomic E-state index is -0.467. The Bertz CT molecular complexity index is 907. The molecule has 11 heteroatoms. The average Bonchev–Trinajstić information content (AvgIpc) is 2.83. The standard InChI is InChI=1S/C23H34N6O5/c1-3-8-24-22(31)16-26-9-6-19(7-10-26)25-23(32)18-4-5-20(21(15-18)29(33)34)28-13-11-27(12-14-28)17(2)30/h4-5,15,19H,3,6-14,16H2,1-2H3,(H,24,31)(H,25,32). The molecule has 186 valence electrons. The molecule has 3 rings (SSSR count). The maximum Gasteiger partial charge on any atom is 0.293 e. The van der Waals surface area contributed by atoms with Crippen LogP contribution in [0.25, 0.3) is 0 Å². The average molecular weight is 475 g/mol. The van der Waals surface area contributed by atoms with Crippen molar-refractivity contribution in [3.05, 3.63) is 33.9 Å². The minimum absolute atomic E-state index is 0.00763. The van der Waals surface area contributed by atoms with E-state index in [2.05, 4.69) is 15.5 Å². The summed E-state index contributed by atoms with van der Waals surface area (Å²) in [7, 11) is 0. The third-order valence-corrected chi connectivity index (χ3v) is 6.36. The molecule has 0 unspecified atom stereocenters. The number of amides is 3. The first kappa shape index (κ1) is 25.4. The summed E-state index contributed by atoms with van der Waals surface area (Å²) in [6, 6.07) is 4.52. The van der Waals surface area contributed by atoms with Crippen molar-refractivity contribution in [3.63, 3.8) is 0 Å². The number of anilines is 1. The second-order valence-electron chi connectivity index (χ2n) is 8.83. The van der Waals surface area contributed by atoms with Gasteiger partial charge in [-0.1, -0.05) is 6.92 Å². The van der Waals surface area contributed by atoms with Crippen molar-refractivity contribution in [1.82, 2.24) is 20.4 Å². The number of hydrogen-bond acceptors (Lipinski definition) is 7. The number of rotatable bonds is 8. The minimum Gasteiger partial charge on any atom is -0.362 e. The summed E-state index contributed by atoms with van der Waals surface area (Å²) in [6.07, 6.45) is 2.33. The summed E-state index contributed by atoms with van der Waals surface area (Å²) in [5.41, 5.74) is 0.593. The van der Waals surface area contributed by atoms with Crippen LogP contribution in [0.5, 0.6) is 0 Å². The van der Waals surface area contributed by atoms with Crippen LogP contribution in [0.3, 0.4) is 0 Å². The van der Waals surface area contributed by atoms with Crippen LogP contribution < -0.4 is 15.5 Å². The third kappa shape index (κ3) is 6.66. The highest BCUT2D eigenvalue weighted by Gasteiger charge is 2.27. The SMILES string of the molecule is CCCNC(=O)CN1CCC(NC(=O)c2ccc(N3CCN(C(C)=O)CC3)c([N+](=O)[O-])c2)CC1. The Morgan fingerprint density at radius 3 is 2.35 bits per heavy atom. The van der Waals surface area contributed by atoms with Crippen molar-refractivity contribution in [1.29, 1.82) is 0 Å². The number of nitrogens with one attached hydrogen (secondary N) is 2. The van der Waals surface area contributed by atoms with E-state index in [4.69, 9.17) is 0 Å². The molecule has 0 aromatic heterocycles. The Kier molecular flexibility index (Phi) is 8.80. The highest BCUT2D eigenvalue weighted by molar-refractivity contribution is 5.96. The summed E-state index contributed by atoms with van der Waals surface area (Å²) >= 11 is 0. The molecule has 1 aromatic rings. The van der Waals surface area contributed by atoms with Gasteiger partial charge >= 0.3 is 0 Å². The molecule has 0 bridgehead atoms. The predicted molar refractivity (Wildman–Crippen MR) is 128 cm³/mol. The Labute approximate surface area is 199 Å². The number of piperazine rings is 1. The van der Waals surface area contributed by atoms with Gasteiger partial charge in [-0.15, -0.1) is 0 Å². The Morgan fingerprint density at radius 1 is 1.09 bits per heavy atom. The van der Waals surface area contributed by atoms with Gasteiger partial charge in [-0.25, -0.2) is 0 Å². The Hall–Kier alpha value is -3.21. The van der Waals surface area contributed by atoms with Crippen LogP contribution in [0.4, 0.5) is 11.4 Å². The molecule has 0 radical (unpaired) electrons. The van der Waals surface area contributed by atoms with Crippen LogP contribution >= 0.6 is 0 Å². The van der Waals surface area contributed by atoms with E-state index in [1.165, 1.54) is 13.0 Å². The summed E-state index contributed by atoms with van der Waals surface area (Å²) in [5, 5.41) is 17.6. The van der Waals surface area contributed by atoms with Crippen LogP contribution in [0.1, 0.15) is 43.5 Å². The number of likely N-dealkylation sites (tertiary alicyclic amines) is 1. The Morgan fingerprint density at radius 2 is 1.76 bits per heavy atom. The van der Waals surface area contributed by atoms with Gasteiger partial charge in [0, 0.05) is 70.4 Å². The van der Waals surface area contributed by atoms with Gasteiger partial charge in [-0.05, 0) is 31.4 Å². The monoisotopic (exact) mass is 474 g/mol. The van der Waals surface area contributed by atoms with Gasteiger partial charge in [0.25, 0.3) is 11.6 Å². The van der Waals surface area contributed by atoms with Crippen molar-refractivity contribution < 1.29 is 19.3 Å². The summed E-state index contributed by atoms with van der Waals surface area (Å²) in [4.78, 5) is 53.2. The smallest absolute Gasteiger partial charge is 0.293 e. The first-order chi connectivity index (χ1) is 16.3. The van der Waals surface area contributed by atoms with Gasteiger partial charge in [0.2, 0.25) is 11.8 Å². The topological polar surface area (TPSA) is 128 Å². The molecule has 1 aromatic carbocycles. The largest absolute Gasteiger partial charge is 0.362 e. The first-order valence-electron chi connectivity index (χ1n) is 11.9. The zero-order valence-electron chi connectivity index (χ0n) is 19.9. The van der Waals surface area contributed by atoms with E-state index in [1.54, 1.807) is 17.0 Å². The lowest BCUT2D eigenvalue weighted by molar-refractivity contribution is -0.384. The maximum absolute atomic E-state index is 12.8. The Balaban J connectivity index is 1.56. The lowest BCUT2D eigenvalue weighted by atomic mass is 10.0. The van der Waals surface area contributed by atoms with Crippen molar-refractivity contribution >= 4 is 29.1 Å². The van der Waals surface area contributed by atoms with Crippen LogP contribution in [0.2, 0.25) is 0 Å². The van der Waals surface area contributed by atoms with E-state index < -0.39 is 4.92 Å². The second-order valence-corrected chi connectivity index (χ2v) is 8.83. The number of hydrogen-bond donors (Lipinski definition) is 2. The molecule has 3 amide bonds. The molecule has 2 fully saturated rings. The predicted octanol–water partition coefficient (Wildman–Crippen LogP) is 0.984. The number of piperidine rings is 1. The first-order valence-corrected chi connectivity index (χ1v) is 11.9. The highest BCUT2D eigenvalue weighted by Crippen LogP contribution is 2.30. The molecule has 2 aliphatic heterocycles. The van der Waals surface area contributed by atoms with E-state index in [1.807, 2.05) is 11.8 Å². The van der Waals surface area contributed by atoms with Gasteiger partial charge in [-0.3, -0.25) is 29.4 Å². The van der Waals surface area contributed by atoms with Gasteiger partial charge in [0.05, 0.1) is 11.5 Å². The van der Waals surface area contributed by atoms with Gasteiger partial charge < -0.3 is 20.4 Å². The van der Waals surface area contributed by atoms with E-state index in [-0.39, 0.29) is 35.0 Å². The molecule has 0 atom stereocenters. The molecule has 11 nitrogen and oxygen atoms in total. The lowest BCUT2D eigenvalue weighted by Crippen LogP contribution is -2.48. The number of nitro groups is 1. The molecule has 2 heterocycles. The van der Waals surface area contributed by atoms with E-state index >= 15 is 0 Å². The zero-order valence-corrected chi connectivity index (χ0v) is 19.9. The van der Waals surface area contributed by atoms with Crippen LogP contribution in [-0.2, 0) is 9.59 Å². The fourth-order valence-electron chi connectivity index (χ4n) is 4.37. The van der Waals surface area contributed by atoms with Crippen molar-refractivity contribution in [2.24, 2.45) is 0 Å². The molecule has 0 saturated carbocycles. The number of nitrogens with zero attached hydrogens (tertiary/aromatic N) is 4. The van der Waals surface area contributed by atoms with Gasteiger partial charge in [0.1, 0.15) is 5.69 Å². The summed E-state index contributed by atoms with van der Waals surface area (Å²) < 4.78 is 0. The van der Waals surface area contributed by atoms with Crippen LogP contribution in [-0.4, -0.2) is 90.8 Å². The van der Waals surface area contributed by atoms with Crippen molar-refractivity contribution in [2.45, 2.75) is 39.2 Å².